The molecule has 6 nitrogen and oxygen atoms in total. The van der Waals surface area contributed by atoms with E-state index in [9.17, 15) is 9.59 Å². The van der Waals surface area contributed by atoms with Crippen LogP contribution in [0.15, 0.2) is 0 Å². The maximum atomic E-state index is 11.9. The summed E-state index contributed by atoms with van der Waals surface area (Å²) in [5.41, 5.74) is 0. The van der Waals surface area contributed by atoms with Crippen molar-refractivity contribution in [1.29, 1.82) is 0 Å². The lowest BCUT2D eigenvalue weighted by molar-refractivity contribution is -0.142. The minimum absolute atomic E-state index is 0.0827. The number of aliphatic carboxylic acids is 1. The lowest BCUT2D eigenvalue weighted by Crippen LogP contribution is -2.45. The molecule has 1 amide bonds. The number of carbonyl (C=O) groups excluding carboxylic acids is 1. The summed E-state index contributed by atoms with van der Waals surface area (Å²) in [4.78, 5) is 26.4. The van der Waals surface area contributed by atoms with Gasteiger partial charge in [-0.05, 0) is 13.0 Å². The molecule has 0 aromatic heterocycles. The van der Waals surface area contributed by atoms with E-state index >= 15 is 0 Å². The molecule has 0 aromatic carbocycles. The van der Waals surface area contributed by atoms with Crippen LogP contribution in [0.1, 0.15) is 6.42 Å². The molecule has 1 N–H and O–H groups in total. The first kappa shape index (κ1) is 12.3. The lowest BCUT2D eigenvalue weighted by atomic mass is 10.1. The Kier molecular flexibility index (Phi) is 3.96. The highest BCUT2D eigenvalue weighted by molar-refractivity contribution is 5.78. The average molecular weight is 242 g/mol. The predicted molar refractivity (Wildman–Crippen MR) is 59.6 cm³/mol. The smallest absolute Gasteiger partial charge is 0.307 e. The summed E-state index contributed by atoms with van der Waals surface area (Å²) in [5, 5.41) is 8.88. The fourth-order valence-electron chi connectivity index (χ4n) is 2.28. The van der Waals surface area contributed by atoms with Crippen LogP contribution in [0.5, 0.6) is 0 Å². The van der Waals surface area contributed by atoms with Crippen LogP contribution < -0.4 is 0 Å². The van der Waals surface area contributed by atoms with Crippen molar-refractivity contribution in [3.8, 4) is 0 Å². The molecule has 2 heterocycles. The topological polar surface area (TPSA) is 70.1 Å². The molecular formula is C11H18N2O4. The van der Waals surface area contributed by atoms with E-state index in [2.05, 4.69) is 0 Å². The fraction of sp³-hybridized carbons (Fsp3) is 0.818. The standard InChI is InChI=1S/C11H18N2O4/c14-10(13-3-5-17-6-4-13)8-12-2-1-9(7-12)11(15)16/h9H,1-8H2,(H,15,16)/t9-/m0/s1. The van der Waals surface area contributed by atoms with Crippen molar-refractivity contribution in [3.05, 3.63) is 0 Å². The summed E-state index contributed by atoms with van der Waals surface area (Å²) in [6.45, 7) is 4.03. The molecule has 6 heteroatoms. The maximum Gasteiger partial charge on any atom is 0.307 e. The highest BCUT2D eigenvalue weighted by Crippen LogP contribution is 2.16. The summed E-state index contributed by atoms with van der Waals surface area (Å²) < 4.78 is 5.18. The number of morpholine rings is 1. The van der Waals surface area contributed by atoms with Gasteiger partial charge in [-0.1, -0.05) is 0 Å². The Morgan fingerprint density at radius 1 is 1.24 bits per heavy atom. The number of carboxylic acid groups (broad SMARTS) is 1. The molecule has 2 rings (SSSR count). The van der Waals surface area contributed by atoms with Crippen LogP contribution in [0.25, 0.3) is 0 Å². The van der Waals surface area contributed by atoms with Crippen molar-refractivity contribution >= 4 is 11.9 Å². The van der Waals surface area contributed by atoms with Gasteiger partial charge in [-0.3, -0.25) is 14.5 Å². The fourth-order valence-corrected chi connectivity index (χ4v) is 2.28. The van der Waals surface area contributed by atoms with E-state index in [1.807, 2.05) is 4.90 Å². The Labute approximate surface area is 100 Å². The molecule has 2 aliphatic heterocycles. The molecule has 0 aromatic rings. The molecule has 1 atom stereocenters. The van der Waals surface area contributed by atoms with E-state index in [1.165, 1.54) is 0 Å². The van der Waals surface area contributed by atoms with E-state index in [0.29, 0.717) is 52.4 Å². The number of carbonyl (C=O) groups is 2. The quantitative estimate of drug-likeness (QED) is 0.705. The van der Waals surface area contributed by atoms with Crippen LogP contribution in [0.2, 0.25) is 0 Å². The number of rotatable bonds is 3. The van der Waals surface area contributed by atoms with Crippen LogP contribution in [0.4, 0.5) is 0 Å². The number of carboxylic acids is 1. The van der Waals surface area contributed by atoms with Gasteiger partial charge in [0.1, 0.15) is 0 Å². The summed E-state index contributed by atoms with van der Waals surface area (Å²) in [6, 6.07) is 0. The third-order valence-electron chi connectivity index (χ3n) is 3.34. The normalized spacial score (nSPS) is 26.1. The number of hydrogen-bond acceptors (Lipinski definition) is 4. The molecule has 0 spiro atoms. The summed E-state index contributed by atoms with van der Waals surface area (Å²) >= 11 is 0. The van der Waals surface area contributed by atoms with Gasteiger partial charge in [0.25, 0.3) is 0 Å². The van der Waals surface area contributed by atoms with Gasteiger partial charge in [0.05, 0.1) is 25.7 Å². The number of hydrogen-bond donors (Lipinski definition) is 1. The zero-order valence-corrected chi connectivity index (χ0v) is 9.80. The second kappa shape index (κ2) is 5.46. The molecule has 0 saturated carbocycles. The third-order valence-corrected chi connectivity index (χ3v) is 3.34. The second-order valence-electron chi connectivity index (χ2n) is 4.55. The molecule has 0 aliphatic carbocycles. The molecule has 2 aliphatic rings. The average Bonchev–Trinajstić information content (AvgIpc) is 2.79. The van der Waals surface area contributed by atoms with Gasteiger partial charge >= 0.3 is 5.97 Å². The van der Waals surface area contributed by atoms with E-state index in [1.54, 1.807) is 4.90 Å². The Morgan fingerprint density at radius 3 is 2.53 bits per heavy atom. The molecule has 2 fully saturated rings. The van der Waals surface area contributed by atoms with Gasteiger partial charge in [-0.15, -0.1) is 0 Å². The van der Waals surface area contributed by atoms with Gasteiger partial charge < -0.3 is 14.7 Å². The van der Waals surface area contributed by atoms with Gasteiger partial charge in [0.2, 0.25) is 5.91 Å². The Balaban J connectivity index is 1.77. The van der Waals surface area contributed by atoms with Gasteiger partial charge in [-0.2, -0.15) is 0 Å². The summed E-state index contributed by atoms with van der Waals surface area (Å²) in [6.07, 6.45) is 0.645. The van der Waals surface area contributed by atoms with Gasteiger partial charge in [0.15, 0.2) is 0 Å². The summed E-state index contributed by atoms with van der Waals surface area (Å²) in [5.74, 6) is -0.988. The zero-order valence-electron chi connectivity index (χ0n) is 9.80. The molecule has 17 heavy (non-hydrogen) atoms. The molecule has 0 unspecified atom stereocenters. The Hall–Kier alpha value is -1.14. The Morgan fingerprint density at radius 2 is 1.94 bits per heavy atom. The molecular weight excluding hydrogens is 224 g/mol. The Bertz CT molecular complexity index is 302. The number of ether oxygens (including phenoxy) is 1. The second-order valence-corrected chi connectivity index (χ2v) is 4.55. The van der Waals surface area contributed by atoms with Crippen molar-refractivity contribution in [3.63, 3.8) is 0 Å². The van der Waals surface area contributed by atoms with E-state index in [0.717, 1.165) is 0 Å². The van der Waals surface area contributed by atoms with Crippen LogP contribution in [0, 0.1) is 5.92 Å². The van der Waals surface area contributed by atoms with E-state index in [-0.39, 0.29) is 11.8 Å². The molecule has 0 radical (unpaired) electrons. The van der Waals surface area contributed by atoms with E-state index in [4.69, 9.17) is 9.84 Å². The van der Waals surface area contributed by atoms with Crippen LogP contribution in [-0.4, -0.2) is 72.7 Å². The molecule has 0 bridgehead atoms. The monoisotopic (exact) mass is 242 g/mol. The van der Waals surface area contributed by atoms with Crippen LogP contribution >= 0.6 is 0 Å². The van der Waals surface area contributed by atoms with Crippen molar-refractivity contribution in [1.82, 2.24) is 9.80 Å². The third kappa shape index (κ3) is 3.17. The highest BCUT2D eigenvalue weighted by Gasteiger charge is 2.30. The first-order chi connectivity index (χ1) is 8.16. The molecule has 2 saturated heterocycles. The largest absolute Gasteiger partial charge is 0.481 e. The predicted octanol–water partition coefficient (Wildman–Crippen LogP) is -0.748. The van der Waals surface area contributed by atoms with E-state index < -0.39 is 5.97 Å². The SMILES string of the molecule is O=C(O)[C@H]1CCN(CC(=O)N2CCOCC2)C1. The maximum absolute atomic E-state index is 11.9. The number of amides is 1. The highest BCUT2D eigenvalue weighted by atomic mass is 16.5. The van der Waals surface area contributed by atoms with Crippen LogP contribution in [0.3, 0.4) is 0 Å². The van der Waals surface area contributed by atoms with Crippen molar-refractivity contribution in [2.24, 2.45) is 5.92 Å². The zero-order chi connectivity index (χ0) is 12.3. The summed E-state index contributed by atoms with van der Waals surface area (Å²) in [7, 11) is 0. The van der Waals surface area contributed by atoms with Crippen molar-refractivity contribution < 1.29 is 19.4 Å². The van der Waals surface area contributed by atoms with Gasteiger partial charge in [-0.25, -0.2) is 0 Å². The lowest BCUT2D eigenvalue weighted by Gasteiger charge is -2.28. The number of nitrogens with zero attached hydrogens (tertiary/aromatic N) is 2. The minimum atomic E-state index is -0.758. The van der Waals surface area contributed by atoms with Crippen molar-refractivity contribution in [2.75, 3.05) is 45.9 Å². The first-order valence-corrected chi connectivity index (χ1v) is 5.97. The van der Waals surface area contributed by atoms with Gasteiger partial charge in [0, 0.05) is 19.6 Å². The number of likely N-dealkylation sites (tertiary alicyclic amines) is 1. The van der Waals surface area contributed by atoms with Crippen LogP contribution in [-0.2, 0) is 14.3 Å². The minimum Gasteiger partial charge on any atom is -0.481 e. The van der Waals surface area contributed by atoms with Crippen molar-refractivity contribution in [2.45, 2.75) is 6.42 Å². The molecule has 96 valence electrons. The first-order valence-electron chi connectivity index (χ1n) is 5.97.